The number of anilines is 1. The lowest BCUT2D eigenvalue weighted by Crippen LogP contribution is -2.53. The number of hydrogen-bond acceptors (Lipinski definition) is 2. The van der Waals surface area contributed by atoms with Crippen LogP contribution in [0.5, 0.6) is 0 Å². The quantitative estimate of drug-likeness (QED) is 0.699. The molecule has 0 aromatic heterocycles. The summed E-state index contributed by atoms with van der Waals surface area (Å²) in [6, 6.07) is 4.10. The van der Waals surface area contributed by atoms with E-state index >= 15 is 0 Å². The maximum atomic E-state index is 13.1. The largest absolute Gasteiger partial charge is 0.356 e. The van der Waals surface area contributed by atoms with Crippen LogP contribution >= 0.6 is 11.6 Å². The van der Waals surface area contributed by atoms with Crippen molar-refractivity contribution in [2.45, 2.75) is 51.4 Å². The second kappa shape index (κ2) is 7.42. The van der Waals surface area contributed by atoms with E-state index in [9.17, 15) is 14.0 Å². The van der Waals surface area contributed by atoms with Crippen LogP contribution in [0.3, 0.4) is 0 Å². The third-order valence-corrected chi connectivity index (χ3v) is 6.88. The minimum Gasteiger partial charge on any atom is -0.356 e. The van der Waals surface area contributed by atoms with Crippen LogP contribution in [0.2, 0.25) is 5.02 Å². The fraction of sp³-hybridized carbons (Fsp3) is 0.619. The van der Waals surface area contributed by atoms with Crippen LogP contribution in [-0.4, -0.2) is 18.4 Å². The monoisotopic (exact) mass is 392 g/mol. The summed E-state index contributed by atoms with van der Waals surface area (Å²) < 4.78 is 13.1. The zero-order valence-corrected chi connectivity index (χ0v) is 16.2. The summed E-state index contributed by atoms with van der Waals surface area (Å²) in [7, 11) is 0. The van der Waals surface area contributed by atoms with Gasteiger partial charge in [-0.15, -0.1) is 0 Å². The second-order valence-corrected chi connectivity index (χ2v) is 9.14. The molecule has 1 aromatic carbocycles. The average molecular weight is 393 g/mol. The van der Waals surface area contributed by atoms with Crippen molar-refractivity contribution in [2.24, 2.45) is 23.2 Å². The number of amides is 2. The van der Waals surface area contributed by atoms with E-state index in [1.165, 1.54) is 37.5 Å². The van der Waals surface area contributed by atoms with Crippen LogP contribution in [0, 0.1) is 29.0 Å². The van der Waals surface area contributed by atoms with Gasteiger partial charge in [0.05, 0.1) is 5.02 Å². The van der Waals surface area contributed by atoms with Crippen LogP contribution in [0.1, 0.15) is 51.4 Å². The van der Waals surface area contributed by atoms with Crippen LogP contribution in [-0.2, 0) is 9.59 Å². The molecule has 4 fully saturated rings. The fourth-order valence-corrected chi connectivity index (χ4v) is 6.01. The maximum absolute atomic E-state index is 13.1. The van der Waals surface area contributed by atoms with Crippen molar-refractivity contribution < 1.29 is 14.0 Å². The van der Waals surface area contributed by atoms with Gasteiger partial charge in [-0.1, -0.05) is 11.6 Å². The Morgan fingerprint density at radius 2 is 1.74 bits per heavy atom. The van der Waals surface area contributed by atoms with E-state index < -0.39 is 5.82 Å². The lowest BCUT2D eigenvalue weighted by Gasteiger charge is -2.55. The molecular weight excluding hydrogens is 367 g/mol. The first-order chi connectivity index (χ1) is 12.9. The zero-order valence-electron chi connectivity index (χ0n) is 15.4. The highest BCUT2D eigenvalue weighted by Crippen LogP contribution is 2.60. The minimum absolute atomic E-state index is 0.0179. The summed E-state index contributed by atoms with van der Waals surface area (Å²) in [6.07, 6.45) is 8.00. The highest BCUT2D eigenvalue weighted by atomic mass is 35.5. The van der Waals surface area contributed by atoms with Gasteiger partial charge in [0.15, 0.2) is 0 Å². The van der Waals surface area contributed by atoms with Crippen LogP contribution in [0.15, 0.2) is 18.2 Å². The van der Waals surface area contributed by atoms with Gasteiger partial charge in [0.25, 0.3) is 0 Å². The van der Waals surface area contributed by atoms with Gasteiger partial charge in [-0.3, -0.25) is 9.59 Å². The van der Waals surface area contributed by atoms with E-state index in [4.69, 9.17) is 11.6 Å². The summed E-state index contributed by atoms with van der Waals surface area (Å²) >= 11 is 5.71. The van der Waals surface area contributed by atoms with Crippen molar-refractivity contribution in [1.82, 2.24) is 5.32 Å². The first-order valence-corrected chi connectivity index (χ1v) is 10.3. The van der Waals surface area contributed by atoms with E-state index in [0.717, 1.165) is 37.0 Å². The number of carbonyl (C=O) groups is 2. The number of rotatable bonds is 6. The lowest BCUT2D eigenvalue weighted by atomic mass is 9.49. The molecule has 4 nitrogen and oxygen atoms in total. The number of carbonyl (C=O) groups excluding carboxylic acids is 2. The highest BCUT2D eigenvalue weighted by Gasteiger charge is 2.54. The molecular formula is C21H26ClFN2O2. The molecule has 27 heavy (non-hydrogen) atoms. The molecule has 0 aliphatic heterocycles. The van der Waals surface area contributed by atoms with Crippen molar-refractivity contribution in [3.05, 3.63) is 29.0 Å². The predicted octanol–water partition coefficient (Wildman–Crippen LogP) is 4.53. The Bertz CT molecular complexity index is 716. The summed E-state index contributed by atoms with van der Waals surface area (Å²) in [6.45, 7) is 0.512. The van der Waals surface area contributed by atoms with Gasteiger partial charge in [0.2, 0.25) is 11.8 Å². The second-order valence-electron chi connectivity index (χ2n) is 8.73. The number of halogens is 2. The Labute approximate surface area is 164 Å². The van der Waals surface area contributed by atoms with Crippen molar-refractivity contribution in [3.63, 3.8) is 0 Å². The first-order valence-electron chi connectivity index (χ1n) is 9.97. The van der Waals surface area contributed by atoms with Gasteiger partial charge in [-0.05, 0) is 80.9 Å². The van der Waals surface area contributed by atoms with E-state index in [0.29, 0.717) is 25.1 Å². The van der Waals surface area contributed by atoms with Crippen LogP contribution < -0.4 is 10.6 Å². The molecule has 0 radical (unpaired) electrons. The molecule has 0 spiro atoms. The van der Waals surface area contributed by atoms with Crippen molar-refractivity contribution in [2.75, 3.05) is 11.9 Å². The molecule has 1 aromatic rings. The van der Waals surface area contributed by atoms with E-state index in [2.05, 4.69) is 10.6 Å². The SMILES string of the molecule is O=C(CCCNC(=O)C12CC3CC(CC(C3)C1)C2)Nc1ccc(F)c(Cl)c1. The highest BCUT2D eigenvalue weighted by molar-refractivity contribution is 6.31. The molecule has 4 bridgehead atoms. The van der Waals surface area contributed by atoms with Crippen molar-refractivity contribution in [1.29, 1.82) is 0 Å². The molecule has 2 amide bonds. The van der Waals surface area contributed by atoms with Gasteiger partial charge in [-0.25, -0.2) is 4.39 Å². The van der Waals surface area contributed by atoms with Crippen LogP contribution in [0.25, 0.3) is 0 Å². The first kappa shape index (κ1) is 18.7. The summed E-state index contributed by atoms with van der Waals surface area (Å²) in [4.78, 5) is 24.9. The van der Waals surface area contributed by atoms with Gasteiger partial charge in [0, 0.05) is 24.1 Å². The molecule has 2 N–H and O–H groups in total. The number of nitrogens with one attached hydrogen (secondary N) is 2. The average Bonchev–Trinajstić information content (AvgIpc) is 2.60. The minimum atomic E-state index is -0.512. The predicted molar refractivity (Wildman–Crippen MR) is 103 cm³/mol. The van der Waals surface area contributed by atoms with Crippen molar-refractivity contribution >= 4 is 29.1 Å². The summed E-state index contributed by atoms with van der Waals surface area (Å²) in [5.41, 5.74) is 0.339. The summed E-state index contributed by atoms with van der Waals surface area (Å²) in [5.74, 6) is 1.76. The Morgan fingerprint density at radius 3 is 2.33 bits per heavy atom. The van der Waals surface area contributed by atoms with E-state index in [1.54, 1.807) is 0 Å². The molecule has 4 saturated carbocycles. The number of hydrogen-bond donors (Lipinski definition) is 2. The molecule has 0 unspecified atom stereocenters. The zero-order chi connectivity index (χ0) is 19.0. The normalized spacial score (nSPS) is 31.0. The molecule has 6 heteroatoms. The Morgan fingerprint density at radius 1 is 1.11 bits per heavy atom. The molecule has 0 atom stereocenters. The van der Waals surface area contributed by atoms with Gasteiger partial charge < -0.3 is 10.6 Å². The fourth-order valence-electron chi connectivity index (χ4n) is 5.82. The van der Waals surface area contributed by atoms with Gasteiger partial charge in [-0.2, -0.15) is 0 Å². The van der Waals surface area contributed by atoms with E-state index in [1.807, 2.05) is 0 Å². The maximum Gasteiger partial charge on any atom is 0.226 e. The standard InChI is InChI=1S/C21H26ClFN2O2/c22-17-9-16(3-4-18(17)23)25-19(26)2-1-5-24-20(27)21-10-13-6-14(11-21)8-15(7-13)12-21/h3-4,9,13-15H,1-2,5-8,10-12H2,(H,24,27)(H,25,26). The van der Waals surface area contributed by atoms with Gasteiger partial charge in [0.1, 0.15) is 5.82 Å². The Balaban J connectivity index is 1.21. The van der Waals surface area contributed by atoms with Crippen molar-refractivity contribution in [3.8, 4) is 0 Å². The Hall–Kier alpha value is -1.62. The topological polar surface area (TPSA) is 58.2 Å². The summed E-state index contributed by atoms with van der Waals surface area (Å²) in [5, 5.41) is 5.77. The molecule has 4 aliphatic carbocycles. The smallest absolute Gasteiger partial charge is 0.226 e. The lowest BCUT2D eigenvalue weighted by molar-refractivity contribution is -0.146. The van der Waals surface area contributed by atoms with Gasteiger partial charge >= 0.3 is 0 Å². The Kier molecular flexibility index (Phi) is 5.15. The number of benzene rings is 1. The molecule has 0 heterocycles. The molecule has 5 rings (SSSR count). The van der Waals surface area contributed by atoms with Crippen LogP contribution in [0.4, 0.5) is 10.1 Å². The molecule has 146 valence electrons. The molecule has 0 saturated heterocycles. The van der Waals surface area contributed by atoms with E-state index in [-0.39, 0.29) is 22.3 Å². The molecule has 4 aliphatic rings. The third kappa shape index (κ3) is 3.98. The third-order valence-electron chi connectivity index (χ3n) is 6.59.